The molecule has 0 aliphatic carbocycles. The molecular weight excluding hydrogens is 541 g/mol. The summed E-state index contributed by atoms with van der Waals surface area (Å²) in [5, 5.41) is 16.2. The molecule has 0 bridgehead atoms. The Morgan fingerprint density at radius 2 is 1.86 bits per heavy atom. The predicted octanol–water partition coefficient (Wildman–Crippen LogP) is 6.67. The molecule has 36 heavy (non-hydrogen) atoms. The number of halogens is 3. The number of anilines is 1. The smallest absolute Gasteiger partial charge is 0.253 e. The van der Waals surface area contributed by atoms with Crippen LogP contribution in [0.4, 0.5) is 5.69 Å². The third kappa shape index (κ3) is 7.49. The molecule has 0 saturated heterocycles. The van der Waals surface area contributed by atoms with Gasteiger partial charge in [-0.25, -0.2) is 0 Å². The van der Waals surface area contributed by atoms with Crippen molar-refractivity contribution in [2.24, 2.45) is 5.92 Å². The van der Waals surface area contributed by atoms with E-state index in [0.29, 0.717) is 50.3 Å². The van der Waals surface area contributed by atoms with Crippen LogP contribution < -0.4 is 10.6 Å². The van der Waals surface area contributed by atoms with Gasteiger partial charge in [0.1, 0.15) is 0 Å². The lowest BCUT2D eigenvalue weighted by Crippen LogP contribution is -2.32. The Morgan fingerprint density at radius 3 is 2.53 bits per heavy atom. The molecule has 2 aromatic carbocycles. The minimum Gasteiger partial charge on any atom is -0.342 e. The summed E-state index contributed by atoms with van der Waals surface area (Å²) >= 11 is 19.5. The fourth-order valence-electron chi connectivity index (χ4n) is 3.45. The normalized spacial score (nSPS) is 11.8. The molecule has 0 spiro atoms. The van der Waals surface area contributed by atoms with Gasteiger partial charge in [-0.15, -0.1) is 16.8 Å². The summed E-state index contributed by atoms with van der Waals surface area (Å²) < 4.78 is 1.85. The zero-order chi connectivity index (χ0) is 26.2. The van der Waals surface area contributed by atoms with Crippen LogP contribution in [0.25, 0.3) is 0 Å². The monoisotopic (exact) mass is 565 g/mol. The van der Waals surface area contributed by atoms with Crippen molar-refractivity contribution >= 4 is 64.1 Å². The Balaban J connectivity index is 1.78. The lowest BCUT2D eigenvalue weighted by molar-refractivity contribution is -0.113. The summed E-state index contributed by atoms with van der Waals surface area (Å²) in [6.45, 7) is 8.36. The van der Waals surface area contributed by atoms with Crippen LogP contribution in [0, 0.1) is 5.92 Å². The highest BCUT2D eigenvalue weighted by Gasteiger charge is 2.25. The Hall–Kier alpha value is -2.52. The number of carbonyl (C=O) groups is 2. The van der Waals surface area contributed by atoms with E-state index in [2.05, 4.69) is 41.3 Å². The summed E-state index contributed by atoms with van der Waals surface area (Å²) in [5.74, 6) is 0.362. The number of allylic oxidation sites excluding steroid dienone is 1. The number of aromatic nitrogens is 3. The minimum absolute atomic E-state index is 0.0784. The van der Waals surface area contributed by atoms with E-state index in [-0.39, 0.29) is 23.5 Å². The summed E-state index contributed by atoms with van der Waals surface area (Å²) in [5.41, 5.74) is 0.856. The van der Waals surface area contributed by atoms with E-state index < -0.39 is 6.04 Å². The van der Waals surface area contributed by atoms with Crippen molar-refractivity contribution in [2.75, 3.05) is 11.1 Å². The molecule has 11 heteroatoms. The number of nitrogens with zero attached hydrogens (tertiary/aromatic N) is 3. The number of thioether (sulfide) groups is 1. The highest BCUT2D eigenvalue weighted by atomic mass is 35.5. The molecule has 3 aromatic rings. The molecule has 2 amide bonds. The zero-order valence-electron chi connectivity index (χ0n) is 19.8. The fourth-order valence-corrected chi connectivity index (χ4v) is 4.89. The van der Waals surface area contributed by atoms with Crippen LogP contribution in [-0.4, -0.2) is 32.3 Å². The Bertz CT molecular complexity index is 1250. The number of hydrogen-bond donors (Lipinski definition) is 2. The zero-order valence-corrected chi connectivity index (χ0v) is 22.9. The molecule has 7 nitrogen and oxygen atoms in total. The molecule has 0 unspecified atom stereocenters. The molecule has 0 aliphatic rings. The summed E-state index contributed by atoms with van der Waals surface area (Å²) in [6, 6.07) is 11.3. The Morgan fingerprint density at radius 1 is 1.11 bits per heavy atom. The van der Waals surface area contributed by atoms with E-state index in [1.54, 1.807) is 48.5 Å². The van der Waals surface area contributed by atoms with E-state index in [4.69, 9.17) is 34.8 Å². The Labute approximate surface area is 229 Å². The van der Waals surface area contributed by atoms with E-state index >= 15 is 0 Å². The maximum atomic E-state index is 13.0. The summed E-state index contributed by atoms with van der Waals surface area (Å²) in [6.07, 6.45) is 2.35. The van der Waals surface area contributed by atoms with Crippen molar-refractivity contribution in [1.82, 2.24) is 20.1 Å². The number of hydrogen-bond acceptors (Lipinski definition) is 5. The van der Waals surface area contributed by atoms with Gasteiger partial charge in [0.25, 0.3) is 5.91 Å². The Kier molecular flexibility index (Phi) is 10.2. The minimum atomic E-state index is -0.419. The van der Waals surface area contributed by atoms with Crippen molar-refractivity contribution in [2.45, 2.75) is 38.0 Å². The maximum Gasteiger partial charge on any atom is 0.253 e. The van der Waals surface area contributed by atoms with Crippen LogP contribution in [0.3, 0.4) is 0 Å². The second-order valence-electron chi connectivity index (χ2n) is 8.34. The van der Waals surface area contributed by atoms with Gasteiger partial charge in [0.2, 0.25) is 5.91 Å². The van der Waals surface area contributed by atoms with E-state index in [0.717, 1.165) is 0 Å². The van der Waals surface area contributed by atoms with Gasteiger partial charge in [-0.2, -0.15) is 0 Å². The van der Waals surface area contributed by atoms with Gasteiger partial charge in [0.05, 0.1) is 33.1 Å². The highest BCUT2D eigenvalue weighted by Crippen LogP contribution is 2.28. The number of rotatable bonds is 11. The van der Waals surface area contributed by atoms with E-state index in [1.807, 2.05) is 4.57 Å². The lowest BCUT2D eigenvalue weighted by atomic mass is 10.0. The topological polar surface area (TPSA) is 88.9 Å². The molecule has 0 aliphatic heterocycles. The first-order valence-corrected chi connectivity index (χ1v) is 13.3. The van der Waals surface area contributed by atoms with Crippen molar-refractivity contribution in [3.05, 3.63) is 81.6 Å². The van der Waals surface area contributed by atoms with Crippen LogP contribution in [0.1, 0.15) is 42.5 Å². The predicted molar refractivity (Wildman–Crippen MR) is 147 cm³/mol. The van der Waals surface area contributed by atoms with Crippen molar-refractivity contribution in [3.63, 3.8) is 0 Å². The van der Waals surface area contributed by atoms with Crippen LogP contribution in [-0.2, 0) is 11.3 Å². The second kappa shape index (κ2) is 13.1. The molecular formula is C25H26Cl3N5O2S. The van der Waals surface area contributed by atoms with Gasteiger partial charge < -0.3 is 15.2 Å². The van der Waals surface area contributed by atoms with Crippen LogP contribution in [0.15, 0.2) is 60.3 Å². The first-order chi connectivity index (χ1) is 17.2. The van der Waals surface area contributed by atoms with Crippen LogP contribution in [0.5, 0.6) is 0 Å². The van der Waals surface area contributed by atoms with Gasteiger partial charge in [0, 0.05) is 11.6 Å². The number of benzene rings is 2. The van der Waals surface area contributed by atoms with Gasteiger partial charge in [0.15, 0.2) is 11.0 Å². The standard InChI is InChI=1S/C25H26Cl3N5O2S/c1-4-11-33-23(21(12-15(2)3)30-24(35)17-7-5-6-8-18(17)27)31-32-25(33)36-14-22(34)29-20-10-9-16(26)13-19(20)28/h4-10,13,15,21H,1,11-12,14H2,2-3H3,(H,29,34)(H,30,35)/t21-/m0/s1. The maximum absolute atomic E-state index is 13.0. The molecule has 190 valence electrons. The van der Waals surface area contributed by atoms with Crippen molar-refractivity contribution in [1.29, 1.82) is 0 Å². The number of carbonyl (C=O) groups excluding carboxylic acids is 2. The third-order valence-electron chi connectivity index (χ3n) is 5.04. The number of amides is 2. The molecule has 2 N–H and O–H groups in total. The van der Waals surface area contributed by atoms with Crippen LogP contribution >= 0.6 is 46.6 Å². The first kappa shape index (κ1) is 28.1. The molecule has 3 rings (SSSR count). The van der Waals surface area contributed by atoms with Gasteiger partial charge in [-0.05, 0) is 42.7 Å². The van der Waals surface area contributed by atoms with Crippen LogP contribution in [0.2, 0.25) is 15.1 Å². The number of nitrogens with one attached hydrogen (secondary N) is 2. The first-order valence-electron chi connectivity index (χ1n) is 11.2. The molecule has 0 saturated carbocycles. The highest BCUT2D eigenvalue weighted by molar-refractivity contribution is 7.99. The average Bonchev–Trinajstić information content (AvgIpc) is 3.22. The fraction of sp³-hybridized carbons (Fsp3) is 0.280. The largest absolute Gasteiger partial charge is 0.342 e. The lowest BCUT2D eigenvalue weighted by Gasteiger charge is -2.21. The third-order valence-corrected chi connectivity index (χ3v) is 6.88. The van der Waals surface area contributed by atoms with E-state index in [9.17, 15) is 9.59 Å². The van der Waals surface area contributed by atoms with Gasteiger partial charge >= 0.3 is 0 Å². The molecule has 1 aromatic heterocycles. The SMILES string of the molecule is C=CCn1c(SCC(=O)Nc2ccc(Cl)cc2Cl)nnc1[C@H](CC(C)C)NC(=O)c1ccccc1Cl. The van der Waals surface area contributed by atoms with E-state index in [1.165, 1.54) is 11.8 Å². The van der Waals surface area contributed by atoms with Gasteiger partial charge in [-0.3, -0.25) is 9.59 Å². The summed E-state index contributed by atoms with van der Waals surface area (Å²) in [7, 11) is 0. The average molecular weight is 567 g/mol. The van der Waals surface area contributed by atoms with Crippen molar-refractivity contribution in [3.8, 4) is 0 Å². The summed E-state index contributed by atoms with van der Waals surface area (Å²) in [4.78, 5) is 25.5. The quantitative estimate of drug-likeness (QED) is 0.200. The van der Waals surface area contributed by atoms with Crippen molar-refractivity contribution < 1.29 is 9.59 Å². The molecule has 1 heterocycles. The molecule has 0 radical (unpaired) electrons. The second-order valence-corrected chi connectivity index (χ2v) is 10.5. The van der Waals surface area contributed by atoms with Gasteiger partial charge in [-0.1, -0.05) is 78.6 Å². The molecule has 0 fully saturated rings. The molecule has 1 atom stereocenters.